The van der Waals surface area contributed by atoms with Crippen molar-refractivity contribution in [3.8, 4) is 5.75 Å². The van der Waals surface area contributed by atoms with E-state index >= 15 is 0 Å². The summed E-state index contributed by atoms with van der Waals surface area (Å²) < 4.78 is 5.70. The van der Waals surface area contributed by atoms with Gasteiger partial charge in [-0.15, -0.1) is 0 Å². The van der Waals surface area contributed by atoms with Gasteiger partial charge in [0, 0.05) is 12.8 Å². The van der Waals surface area contributed by atoms with Crippen molar-refractivity contribution < 1.29 is 9.53 Å². The van der Waals surface area contributed by atoms with Crippen molar-refractivity contribution in [1.82, 2.24) is 0 Å². The van der Waals surface area contributed by atoms with Crippen LogP contribution >= 0.6 is 11.6 Å². The summed E-state index contributed by atoms with van der Waals surface area (Å²) >= 11 is 6.00. The maximum atomic E-state index is 11.1. The lowest BCUT2D eigenvalue weighted by atomic mass is 10.2. The Bertz CT molecular complexity index is 387. The molecule has 3 heteroatoms. The Balaban J connectivity index is 2.10. The van der Waals surface area contributed by atoms with Gasteiger partial charge in [0.05, 0.1) is 5.02 Å². The lowest BCUT2D eigenvalue weighted by Crippen LogP contribution is -2.12. The highest BCUT2D eigenvalue weighted by molar-refractivity contribution is 6.32. The second-order valence-electron chi connectivity index (χ2n) is 3.96. The Hall–Kier alpha value is -1.02. The highest BCUT2D eigenvalue weighted by Gasteiger charge is 2.24. The molecule has 1 unspecified atom stereocenters. The minimum absolute atomic E-state index is 0.0109. The quantitative estimate of drug-likeness (QED) is 0.772. The molecular weight excluding hydrogens is 212 g/mol. The average Bonchev–Trinajstić information content (AvgIpc) is 2.58. The molecule has 15 heavy (non-hydrogen) atoms. The van der Waals surface area contributed by atoms with Crippen LogP contribution in [0.3, 0.4) is 0 Å². The van der Waals surface area contributed by atoms with Crippen LogP contribution < -0.4 is 4.74 Å². The molecule has 0 aliphatic heterocycles. The van der Waals surface area contributed by atoms with E-state index < -0.39 is 0 Å². The van der Waals surface area contributed by atoms with Crippen LogP contribution in [0.15, 0.2) is 18.2 Å². The van der Waals surface area contributed by atoms with Crippen molar-refractivity contribution in [3.05, 3.63) is 28.8 Å². The fraction of sp³-hybridized carbons (Fsp3) is 0.417. The molecule has 1 aromatic carbocycles. The third-order valence-corrected chi connectivity index (χ3v) is 2.89. The molecule has 1 saturated carbocycles. The fourth-order valence-electron chi connectivity index (χ4n) is 1.76. The second-order valence-corrected chi connectivity index (χ2v) is 4.36. The summed E-state index contributed by atoms with van der Waals surface area (Å²) in [6.07, 6.45) is 1.97. The highest BCUT2D eigenvalue weighted by atomic mass is 35.5. The van der Waals surface area contributed by atoms with Crippen LogP contribution in [0.4, 0.5) is 0 Å². The number of halogens is 1. The van der Waals surface area contributed by atoms with Gasteiger partial charge < -0.3 is 4.74 Å². The summed E-state index contributed by atoms with van der Waals surface area (Å²) in [6.45, 7) is 1.99. The van der Waals surface area contributed by atoms with Gasteiger partial charge in [0.2, 0.25) is 0 Å². The van der Waals surface area contributed by atoms with Crippen molar-refractivity contribution in [2.75, 3.05) is 0 Å². The normalized spacial score (nSPS) is 20.7. The predicted molar refractivity (Wildman–Crippen MR) is 59.5 cm³/mol. The Morgan fingerprint density at radius 2 is 2.27 bits per heavy atom. The number of hydrogen-bond acceptors (Lipinski definition) is 2. The van der Waals surface area contributed by atoms with E-state index in [1.807, 2.05) is 25.1 Å². The van der Waals surface area contributed by atoms with Gasteiger partial charge in [0.15, 0.2) is 0 Å². The van der Waals surface area contributed by atoms with Crippen LogP contribution in [0.25, 0.3) is 0 Å². The molecule has 1 atom stereocenters. The van der Waals surface area contributed by atoms with Gasteiger partial charge in [-0.25, -0.2) is 0 Å². The molecule has 1 aromatic rings. The van der Waals surface area contributed by atoms with E-state index in [-0.39, 0.29) is 11.9 Å². The molecule has 0 spiro atoms. The largest absolute Gasteiger partial charge is 0.488 e. The summed E-state index contributed by atoms with van der Waals surface area (Å²) in [5.41, 5.74) is 1.11. The molecule has 1 fully saturated rings. The first-order chi connectivity index (χ1) is 7.15. The van der Waals surface area contributed by atoms with Gasteiger partial charge in [-0.05, 0) is 31.0 Å². The molecule has 0 radical (unpaired) electrons. The monoisotopic (exact) mass is 224 g/mol. The average molecular weight is 225 g/mol. The summed E-state index contributed by atoms with van der Waals surface area (Å²) in [4.78, 5) is 11.1. The molecule has 0 aromatic heterocycles. The first-order valence-corrected chi connectivity index (χ1v) is 5.47. The van der Waals surface area contributed by atoms with Gasteiger partial charge in [-0.1, -0.05) is 17.7 Å². The Morgan fingerprint density at radius 3 is 2.93 bits per heavy atom. The van der Waals surface area contributed by atoms with Gasteiger partial charge in [-0.2, -0.15) is 0 Å². The molecule has 0 heterocycles. The van der Waals surface area contributed by atoms with Crippen molar-refractivity contribution in [2.45, 2.75) is 32.3 Å². The maximum absolute atomic E-state index is 11.1. The highest BCUT2D eigenvalue weighted by Crippen LogP contribution is 2.29. The first-order valence-electron chi connectivity index (χ1n) is 5.09. The lowest BCUT2D eigenvalue weighted by Gasteiger charge is -2.13. The van der Waals surface area contributed by atoms with E-state index in [1.165, 1.54) is 0 Å². The topological polar surface area (TPSA) is 26.3 Å². The Labute approximate surface area is 94.2 Å². The zero-order valence-corrected chi connectivity index (χ0v) is 9.38. The van der Waals surface area contributed by atoms with Crippen molar-refractivity contribution in [3.63, 3.8) is 0 Å². The lowest BCUT2D eigenvalue weighted by molar-refractivity contribution is -0.117. The molecule has 2 rings (SSSR count). The predicted octanol–water partition coefficient (Wildman–Crippen LogP) is 3.15. The van der Waals surface area contributed by atoms with Gasteiger partial charge in [-0.3, -0.25) is 4.79 Å². The maximum Gasteiger partial charge on any atom is 0.138 e. The molecule has 0 saturated heterocycles. The minimum Gasteiger partial charge on any atom is -0.488 e. The number of aryl methyl sites for hydroxylation is 1. The van der Waals surface area contributed by atoms with Gasteiger partial charge >= 0.3 is 0 Å². The van der Waals surface area contributed by atoms with E-state index in [0.717, 1.165) is 12.0 Å². The molecule has 1 aliphatic rings. The summed E-state index contributed by atoms with van der Waals surface area (Å²) in [7, 11) is 0. The third kappa shape index (κ3) is 2.51. The first kappa shape index (κ1) is 10.5. The summed E-state index contributed by atoms with van der Waals surface area (Å²) in [5, 5.41) is 0.611. The van der Waals surface area contributed by atoms with E-state index in [9.17, 15) is 4.79 Å². The number of ether oxygens (including phenoxy) is 1. The molecule has 0 N–H and O–H groups in total. The smallest absolute Gasteiger partial charge is 0.138 e. The molecule has 0 amide bonds. The molecule has 2 nitrogen and oxygen atoms in total. The Kier molecular flexibility index (Phi) is 2.96. The summed E-state index contributed by atoms with van der Waals surface area (Å²) in [6, 6.07) is 5.67. The summed E-state index contributed by atoms with van der Waals surface area (Å²) in [5.74, 6) is 0.972. The van der Waals surface area contributed by atoms with Crippen LogP contribution in [0.1, 0.15) is 24.8 Å². The number of benzene rings is 1. The number of carbonyl (C=O) groups is 1. The van der Waals surface area contributed by atoms with Gasteiger partial charge in [0.1, 0.15) is 17.6 Å². The second kappa shape index (κ2) is 4.23. The molecule has 1 aliphatic carbocycles. The zero-order chi connectivity index (χ0) is 10.8. The van der Waals surface area contributed by atoms with Crippen LogP contribution in [-0.4, -0.2) is 11.9 Å². The Morgan fingerprint density at radius 1 is 1.47 bits per heavy atom. The van der Waals surface area contributed by atoms with E-state index in [0.29, 0.717) is 23.6 Å². The van der Waals surface area contributed by atoms with Crippen molar-refractivity contribution in [2.24, 2.45) is 0 Å². The number of hydrogen-bond donors (Lipinski definition) is 0. The van der Waals surface area contributed by atoms with Crippen LogP contribution in [0.5, 0.6) is 5.75 Å². The third-order valence-electron chi connectivity index (χ3n) is 2.58. The SMILES string of the molecule is Cc1ccc(Cl)c(OC2CCC(=O)C2)c1. The number of ketones is 1. The fourth-order valence-corrected chi connectivity index (χ4v) is 1.92. The van der Waals surface area contributed by atoms with Crippen LogP contribution in [0.2, 0.25) is 5.02 Å². The van der Waals surface area contributed by atoms with Crippen molar-refractivity contribution in [1.29, 1.82) is 0 Å². The van der Waals surface area contributed by atoms with E-state index in [2.05, 4.69) is 0 Å². The number of rotatable bonds is 2. The van der Waals surface area contributed by atoms with E-state index in [4.69, 9.17) is 16.3 Å². The van der Waals surface area contributed by atoms with E-state index in [1.54, 1.807) is 0 Å². The number of Topliss-reactive ketones (excluding diaryl/α,β-unsaturated/α-hetero) is 1. The molecule has 80 valence electrons. The molecule has 0 bridgehead atoms. The molecular formula is C12H13ClO2. The number of carbonyl (C=O) groups excluding carboxylic acids is 1. The van der Waals surface area contributed by atoms with Crippen LogP contribution in [-0.2, 0) is 4.79 Å². The standard InChI is InChI=1S/C12H13ClO2/c1-8-2-5-11(13)12(6-8)15-10-4-3-9(14)7-10/h2,5-6,10H,3-4,7H2,1H3. The van der Waals surface area contributed by atoms with Crippen LogP contribution in [0, 0.1) is 6.92 Å². The van der Waals surface area contributed by atoms with Gasteiger partial charge in [0.25, 0.3) is 0 Å². The zero-order valence-electron chi connectivity index (χ0n) is 8.63. The minimum atomic E-state index is 0.0109. The van der Waals surface area contributed by atoms with Crippen molar-refractivity contribution >= 4 is 17.4 Å².